The third-order valence-electron chi connectivity index (χ3n) is 3.33. The van der Waals surface area contributed by atoms with Crippen LogP contribution < -0.4 is 5.32 Å². The summed E-state index contributed by atoms with van der Waals surface area (Å²) in [5.74, 6) is 0. The van der Waals surface area contributed by atoms with Gasteiger partial charge >= 0.3 is 6.18 Å². The van der Waals surface area contributed by atoms with Gasteiger partial charge in [0.05, 0.1) is 6.10 Å². The lowest BCUT2D eigenvalue weighted by atomic mass is 10.1. The molecule has 6 heteroatoms. The fourth-order valence-electron chi connectivity index (χ4n) is 2.01. The van der Waals surface area contributed by atoms with Crippen molar-refractivity contribution in [3.05, 3.63) is 34.9 Å². The maximum atomic E-state index is 12.1. The summed E-state index contributed by atoms with van der Waals surface area (Å²) in [6, 6.07) is 7.76. The Bertz CT molecular complexity index is 432. The second-order valence-corrected chi connectivity index (χ2v) is 5.75. The molecule has 1 aromatic carbocycles. The van der Waals surface area contributed by atoms with Crippen LogP contribution in [0.2, 0.25) is 5.02 Å². The summed E-state index contributed by atoms with van der Waals surface area (Å²) in [5.41, 5.74) is 0.930. The number of benzene rings is 1. The fourth-order valence-corrected chi connectivity index (χ4v) is 2.14. The minimum absolute atomic E-state index is 0.0168. The van der Waals surface area contributed by atoms with Crippen molar-refractivity contribution in [1.82, 2.24) is 5.32 Å². The highest BCUT2D eigenvalue weighted by atomic mass is 35.5. The summed E-state index contributed by atoms with van der Waals surface area (Å²) >= 11 is 5.85. The SMILES string of the molecule is FC(F)(F)CCCOC(CNC1CC1)c1ccc(Cl)cc1. The number of halogens is 4. The van der Waals surface area contributed by atoms with Crippen LogP contribution in [0.3, 0.4) is 0 Å². The number of hydrogen-bond acceptors (Lipinski definition) is 2. The van der Waals surface area contributed by atoms with Crippen LogP contribution in [0, 0.1) is 0 Å². The average Bonchev–Trinajstić information content (AvgIpc) is 3.22. The zero-order valence-corrected chi connectivity index (χ0v) is 12.4. The molecule has 0 aliphatic heterocycles. The van der Waals surface area contributed by atoms with E-state index in [9.17, 15) is 13.2 Å². The number of ether oxygens (including phenoxy) is 1. The third-order valence-corrected chi connectivity index (χ3v) is 3.59. The molecular formula is C15H19ClF3NO. The lowest BCUT2D eigenvalue weighted by molar-refractivity contribution is -0.138. The molecule has 1 saturated carbocycles. The van der Waals surface area contributed by atoms with Crippen molar-refractivity contribution >= 4 is 11.6 Å². The first kappa shape index (κ1) is 16.6. The molecule has 0 bridgehead atoms. The summed E-state index contributed by atoms with van der Waals surface area (Å²) in [6.07, 6.45) is -2.88. The minimum Gasteiger partial charge on any atom is -0.372 e. The normalized spacial score (nSPS) is 17.0. The zero-order chi connectivity index (χ0) is 15.3. The quantitative estimate of drug-likeness (QED) is 0.712. The molecule has 1 fully saturated rings. The molecule has 2 nitrogen and oxygen atoms in total. The van der Waals surface area contributed by atoms with Crippen molar-refractivity contribution in [1.29, 1.82) is 0 Å². The maximum absolute atomic E-state index is 12.1. The largest absolute Gasteiger partial charge is 0.389 e. The summed E-state index contributed by atoms with van der Waals surface area (Å²) < 4.78 is 42.0. The van der Waals surface area contributed by atoms with Crippen molar-refractivity contribution in [2.45, 2.75) is 44.0 Å². The summed E-state index contributed by atoms with van der Waals surface area (Å²) in [4.78, 5) is 0. The Morgan fingerprint density at radius 3 is 2.48 bits per heavy atom. The van der Waals surface area contributed by atoms with Crippen molar-refractivity contribution in [3.8, 4) is 0 Å². The van der Waals surface area contributed by atoms with Gasteiger partial charge in [0, 0.05) is 30.6 Å². The van der Waals surface area contributed by atoms with Gasteiger partial charge in [0.2, 0.25) is 0 Å². The smallest absolute Gasteiger partial charge is 0.372 e. The van der Waals surface area contributed by atoms with Gasteiger partial charge in [0.1, 0.15) is 0 Å². The van der Waals surface area contributed by atoms with Gasteiger partial charge in [-0.2, -0.15) is 13.2 Å². The Balaban J connectivity index is 1.83. The van der Waals surface area contributed by atoms with E-state index in [0.29, 0.717) is 17.6 Å². The first-order valence-electron chi connectivity index (χ1n) is 7.11. The molecule has 1 N–H and O–H groups in total. The predicted octanol–water partition coefficient (Wildman–Crippen LogP) is 4.49. The second kappa shape index (κ2) is 7.47. The monoisotopic (exact) mass is 321 g/mol. The van der Waals surface area contributed by atoms with E-state index < -0.39 is 12.6 Å². The van der Waals surface area contributed by atoms with Crippen molar-refractivity contribution in [2.75, 3.05) is 13.2 Å². The first-order chi connectivity index (χ1) is 9.94. The molecule has 0 heterocycles. The maximum Gasteiger partial charge on any atom is 0.389 e. The number of rotatable bonds is 8. The number of nitrogens with one attached hydrogen (secondary N) is 1. The summed E-state index contributed by atoms with van der Waals surface area (Å²) in [6.45, 7) is 0.706. The van der Waals surface area contributed by atoms with Crippen LogP contribution in [0.5, 0.6) is 0 Å². The van der Waals surface area contributed by atoms with E-state index in [4.69, 9.17) is 16.3 Å². The van der Waals surface area contributed by atoms with Crippen molar-refractivity contribution in [2.24, 2.45) is 0 Å². The molecule has 0 aromatic heterocycles. The fraction of sp³-hybridized carbons (Fsp3) is 0.600. The highest BCUT2D eigenvalue weighted by Gasteiger charge is 2.27. The van der Waals surface area contributed by atoms with Crippen LogP contribution in [-0.2, 0) is 4.74 Å². The molecule has 1 aliphatic rings. The van der Waals surface area contributed by atoms with E-state index in [1.165, 1.54) is 0 Å². The van der Waals surface area contributed by atoms with Crippen molar-refractivity contribution < 1.29 is 17.9 Å². The van der Waals surface area contributed by atoms with Crippen LogP contribution in [-0.4, -0.2) is 25.4 Å². The van der Waals surface area contributed by atoms with Gasteiger partial charge in [0.15, 0.2) is 0 Å². The molecule has 0 radical (unpaired) electrons. The average molecular weight is 322 g/mol. The van der Waals surface area contributed by atoms with Gasteiger partial charge in [-0.1, -0.05) is 23.7 Å². The third kappa shape index (κ3) is 6.68. The second-order valence-electron chi connectivity index (χ2n) is 5.31. The van der Waals surface area contributed by atoms with E-state index in [2.05, 4.69) is 5.32 Å². The number of alkyl halides is 3. The molecule has 0 saturated heterocycles. The molecule has 1 atom stereocenters. The Morgan fingerprint density at radius 2 is 1.90 bits per heavy atom. The Hall–Kier alpha value is -0.780. The summed E-state index contributed by atoms with van der Waals surface area (Å²) in [5, 5.41) is 3.98. The van der Waals surface area contributed by atoms with Gasteiger partial charge in [0.25, 0.3) is 0 Å². The molecule has 2 rings (SSSR count). The van der Waals surface area contributed by atoms with Crippen LogP contribution in [0.15, 0.2) is 24.3 Å². The molecule has 21 heavy (non-hydrogen) atoms. The molecule has 1 unspecified atom stereocenters. The molecule has 1 aliphatic carbocycles. The highest BCUT2D eigenvalue weighted by Crippen LogP contribution is 2.25. The highest BCUT2D eigenvalue weighted by molar-refractivity contribution is 6.30. The van der Waals surface area contributed by atoms with Crippen molar-refractivity contribution in [3.63, 3.8) is 0 Å². The standard InChI is InChI=1S/C15H19ClF3NO/c16-12-4-2-11(3-5-12)14(10-20-13-6-7-13)21-9-1-8-15(17,18)19/h2-5,13-14,20H,1,6-10H2. The topological polar surface area (TPSA) is 21.3 Å². The van der Waals surface area contributed by atoms with Crippen LogP contribution in [0.4, 0.5) is 13.2 Å². The lowest BCUT2D eigenvalue weighted by Crippen LogP contribution is -2.25. The lowest BCUT2D eigenvalue weighted by Gasteiger charge is -2.19. The Kier molecular flexibility index (Phi) is 5.90. The van der Waals surface area contributed by atoms with E-state index in [1.807, 2.05) is 12.1 Å². The molecule has 1 aromatic rings. The van der Waals surface area contributed by atoms with E-state index in [0.717, 1.165) is 18.4 Å². The van der Waals surface area contributed by atoms with E-state index in [-0.39, 0.29) is 19.1 Å². The zero-order valence-electron chi connectivity index (χ0n) is 11.6. The number of hydrogen-bond donors (Lipinski definition) is 1. The molecule has 0 spiro atoms. The Morgan fingerprint density at radius 1 is 1.24 bits per heavy atom. The van der Waals surface area contributed by atoms with Crippen LogP contribution in [0.1, 0.15) is 37.4 Å². The summed E-state index contributed by atoms with van der Waals surface area (Å²) in [7, 11) is 0. The Labute approximate surface area is 127 Å². The van der Waals surface area contributed by atoms with E-state index in [1.54, 1.807) is 12.1 Å². The predicted molar refractivity (Wildman–Crippen MR) is 76.5 cm³/mol. The van der Waals surface area contributed by atoms with Gasteiger partial charge < -0.3 is 10.1 Å². The van der Waals surface area contributed by atoms with Gasteiger partial charge in [-0.15, -0.1) is 0 Å². The van der Waals surface area contributed by atoms with Crippen LogP contribution in [0.25, 0.3) is 0 Å². The molecule has 0 amide bonds. The minimum atomic E-state index is -4.12. The molecule has 118 valence electrons. The van der Waals surface area contributed by atoms with E-state index >= 15 is 0 Å². The van der Waals surface area contributed by atoms with Crippen LogP contribution >= 0.6 is 11.6 Å². The van der Waals surface area contributed by atoms with Gasteiger partial charge in [-0.3, -0.25) is 0 Å². The van der Waals surface area contributed by atoms with Gasteiger partial charge in [-0.25, -0.2) is 0 Å². The molecular weight excluding hydrogens is 303 g/mol. The van der Waals surface area contributed by atoms with Gasteiger partial charge in [-0.05, 0) is 37.0 Å². The first-order valence-corrected chi connectivity index (χ1v) is 7.49.